The van der Waals surface area contributed by atoms with Crippen LogP contribution in [0, 0.1) is 0 Å². The summed E-state index contributed by atoms with van der Waals surface area (Å²) in [5.74, 6) is -0.578. The summed E-state index contributed by atoms with van der Waals surface area (Å²) in [6.07, 6.45) is 0. The van der Waals surface area contributed by atoms with Crippen LogP contribution in [0.25, 0.3) is 0 Å². The molecule has 2 aromatic rings. The van der Waals surface area contributed by atoms with E-state index in [1.807, 2.05) is 17.5 Å². The molecule has 26 heavy (non-hydrogen) atoms. The lowest BCUT2D eigenvalue weighted by Gasteiger charge is -2.25. The van der Waals surface area contributed by atoms with Crippen LogP contribution in [-0.4, -0.2) is 49.7 Å². The number of likely N-dealkylation sites (N-methyl/N-ethyl adjacent to an activating group) is 1. The Labute approximate surface area is 159 Å². The standard InChI is InChI=1S/C18H25N3O3S2/c1-3-20(4-2)11-12-21(14-16-6-5-13-25-16)26(23,24)17-9-7-15(8-10-17)18(19)22/h5-10,13H,3-4,11-12,14H2,1-2H3,(H2,19,22). The topological polar surface area (TPSA) is 83.7 Å². The second kappa shape index (κ2) is 9.27. The van der Waals surface area contributed by atoms with Crippen LogP contribution in [0.2, 0.25) is 0 Å². The summed E-state index contributed by atoms with van der Waals surface area (Å²) in [4.78, 5) is 14.6. The molecule has 8 heteroatoms. The van der Waals surface area contributed by atoms with E-state index in [4.69, 9.17) is 5.73 Å². The molecule has 0 saturated carbocycles. The molecule has 1 aromatic heterocycles. The molecule has 0 aliphatic rings. The van der Waals surface area contributed by atoms with Crippen molar-refractivity contribution in [3.63, 3.8) is 0 Å². The molecule has 2 N–H and O–H groups in total. The summed E-state index contributed by atoms with van der Waals surface area (Å²) in [5.41, 5.74) is 5.52. The van der Waals surface area contributed by atoms with E-state index in [-0.39, 0.29) is 10.5 Å². The maximum Gasteiger partial charge on any atom is 0.248 e. The monoisotopic (exact) mass is 395 g/mol. The summed E-state index contributed by atoms with van der Waals surface area (Å²) < 4.78 is 27.7. The predicted molar refractivity (Wildman–Crippen MR) is 105 cm³/mol. The maximum absolute atomic E-state index is 13.1. The van der Waals surface area contributed by atoms with E-state index in [0.717, 1.165) is 18.0 Å². The van der Waals surface area contributed by atoms with Crippen molar-refractivity contribution in [3.05, 3.63) is 52.2 Å². The molecule has 6 nitrogen and oxygen atoms in total. The number of sulfonamides is 1. The first-order chi connectivity index (χ1) is 12.4. The molecule has 2 rings (SSSR count). The minimum atomic E-state index is -3.67. The first-order valence-electron chi connectivity index (χ1n) is 8.53. The number of carbonyl (C=O) groups is 1. The maximum atomic E-state index is 13.1. The first kappa shape index (κ1) is 20.6. The highest BCUT2D eigenvalue weighted by molar-refractivity contribution is 7.89. The van der Waals surface area contributed by atoms with Gasteiger partial charge >= 0.3 is 0 Å². The van der Waals surface area contributed by atoms with Gasteiger partial charge in [0.1, 0.15) is 0 Å². The van der Waals surface area contributed by atoms with Gasteiger partial charge in [-0.3, -0.25) is 4.79 Å². The fourth-order valence-electron chi connectivity index (χ4n) is 2.59. The zero-order chi connectivity index (χ0) is 19.2. The second-order valence-electron chi connectivity index (χ2n) is 5.83. The van der Waals surface area contributed by atoms with Crippen LogP contribution in [0.3, 0.4) is 0 Å². The van der Waals surface area contributed by atoms with Crippen LogP contribution in [0.4, 0.5) is 0 Å². The van der Waals surface area contributed by atoms with Crippen LogP contribution < -0.4 is 5.73 Å². The van der Waals surface area contributed by atoms with Crippen molar-refractivity contribution in [2.75, 3.05) is 26.2 Å². The fraction of sp³-hybridized carbons (Fsp3) is 0.389. The summed E-state index contributed by atoms with van der Waals surface area (Å²) in [6.45, 7) is 7.26. The lowest BCUT2D eigenvalue weighted by molar-refractivity contribution is 0.1000. The van der Waals surface area contributed by atoms with E-state index < -0.39 is 15.9 Å². The van der Waals surface area contributed by atoms with Gasteiger partial charge in [-0.2, -0.15) is 4.31 Å². The van der Waals surface area contributed by atoms with Gasteiger partial charge < -0.3 is 10.6 Å². The molecule has 0 unspecified atom stereocenters. The molecule has 0 radical (unpaired) electrons. The summed E-state index contributed by atoms with van der Waals surface area (Å²) >= 11 is 1.53. The van der Waals surface area contributed by atoms with Gasteiger partial charge in [0.05, 0.1) is 4.90 Å². The third-order valence-corrected chi connectivity index (χ3v) is 6.97. The van der Waals surface area contributed by atoms with Gasteiger partial charge in [0.25, 0.3) is 0 Å². The fourth-order valence-corrected chi connectivity index (χ4v) is 4.80. The Morgan fingerprint density at radius 3 is 2.23 bits per heavy atom. The number of nitrogens with two attached hydrogens (primary N) is 1. The number of hydrogen-bond acceptors (Lipinski definition) is 5. The van der Waals surface area contributed by atoms with Crippen molar-refractivity contribution >= 4 is 27.3 Å². The number of benzene rings is 1. The molecule has 0 spiro atoms. The van der Waals surface area contributed by atoms with E-state index in [9.17, 15) is 13.2 Å². The van der Waals surface area contributed by atoms with Crippen LogP contribution in [0.5, 0.6) is 0 Å². The Morgan fingerprint density at radius 2 is 1.73 bits per heavy atom. The van der Waals surface area contributed by atoms with E-state index in [2.05, 4.69) is 18.7 Å². The van der Waals surface area contributed by atoms with Crippen LogP contribution >= 0.6 is 11.3 Å². The molecule has 0 bridgehead atoms. The number of carbonyl (C=O) groups excluding carboxylic acids is 1. The summed E-state index contributed by atoms with van der Waals surface area (Å²) in [5, 5.41) is 1.94. The van der Waals surface area contributed by atoms with Crippen molar-refractivity contribution in [1.82, 2.24) is 9.21 Å². The molecule has 1 amide bonds. The molecular weight excluding hydrogens is 370 g/mol. The molecule has 1 aromatic carbocycles. The zero-order valence-electron chi connectivity index (χ0n) is 15.1. The number of rotatable bonds is 10. The van der Waals surface area contributed by atoms with E-state index >= 15 is 0 Å². The van der Waals surface area contributed by atoms with Crippen LogP contribution in [-0.2, 0) is 16.6 Å². The first-order valence-corrected chi connectivity index (χ1v) is 10.8. The Bertz CT molecular complexity index is 799. The van der Waals surface area contributed by atoms with Gasteiger partial charge in [-0.25, -0.2) is 8.42 Å². The Balaban J connectivity index is 2.27. The van der Waals surface area contributed by atoms with Gasteiger partial charge in [0.2, 0.25) is 15.9 Å². The molecular formula is C18H25N3O3S2. The smallest absolute Gasteiger partial charge is 0.248 e. The molecule has 0 saturated heterocycles. The average Bonchev–Trinajstić information content (AvgIpc) is 3.14. The normalized spacial score (nSPS) is 12.0. The number of primary amides is 1. The molecule has 142 valence electrons. The van der Waals surface area contributed by atoms with E-state index in [1.54, 1.807) is 0 Å². The molecule has 0 fully saturated rings. The number of nitrogens with zero attached hydrogens (tertiary/aromatic N) is 2. The van der Waals surface area contributed by atoms with Crippen LogP contribution in [0.15, 0.2) is 46.7 Å². The second-order valence-corrected chi connectivity index (χ2v) is 8.80. The number of hydrogen-bond donors (Lipinski definition) is 1. The highest BCUT2D eigenvalue weighted by Crippen LogP contribution is 2.21. The average molecular weight is 396 g/mol. The van der Waals surface area contributed by atoms with Gasteiger partial charge in [0.15, 0.2) is 0 Å². The lowest BCUT2D eigenvalue weighted by Crippen LogP contribution is -2.38. The molecule has 0 atom stereocenters. The lowest BCUT2D eigenvalue weighted by atomic mass is 10.2. The minimum Gasteiger partial charge on any atom is -0.366 e. The Hall–Kier alpha value is -1.74. The van der Waals surface area contributed by atoms with Gasteiger partial charge in [-0.05, 0) is 48.8 Å². The number of thiophene rings is 1. The van der Waals surface area contributed by atoms with Gasteiger partial charge in [0, 0.05) is 30.1 Å². The molecule has 1 heterocycles. The Morgan fingerprint density at radius 1 is 1.08 bits per heavy atom. The quantitative estimate of drug-likeness (QED) is 0.669. The van der Waals surface area contributed by atoms with Crippen molar-refractivity contribution in [1.29, 1.82) is 0 Å². The largest absolute Gasteiger partial charge is 0.366 e. The Kier molecular flexibility index (Phi) is 7.33. The minimum absolute atomic E-state index is 0.165. The van der Waals surface area contributed by atoms with E-state index in [1.165, 1.54) is 39.9 Å². The van der Waals surface area contributed by atoms with Gasteiger partial charge in [-0.15, -0.1) is 11.3 Å². The van der Waals surface area contributed by atoms with E-state index in [0.29, 0.717) is 19.6 Å². The van der Waals surface area contributed by atoms with Crippen LogP contribution in [0.1, 0.15) is 29.1 Å². The SMILES string of the molecule is CCN(CC)CCN(Cc1cccs1)S(=O)(=O)c1ccc(C(N)=O)cc1. The van der Waals surface area contributed by atoms with Crippen molar-refractivity contribution in [2.24, 2.45) is 5.73 Å². The number of amides is 1. The molecule has 0 aliphatic carbocycles. The highest BCUT2D eigenvalue weighted by atomic mass is 32.2. The predicted octanol–water partition coefficient (Wildman–Crippen LogP) is 2.38. The third kappa shape index (κ3) is 5.14. The van der Waals surface area contributed by atoms with Gasteiger partial charge in [-0.1, -0.05) is 19.9 Å². The summed E-state index contributed by atoms with van der Waals surface area (Å²) in [7, 11) is -3.67. The van der Waals surface area contributed by atoms with Crippen molar-refractivity contribution < 1.29 is 13.2 Å². The van der Waals surface area contributed by atoms with Crippen molar-refractivity contribution in [3.8, 4) is 0 Å². The summed E-state index contributed by atoms with van der Waals surface area (Å²) in [6, 6.07) is 9.62. The highest BCUT2D eigenvalue weighted by Gasteiger charge is 2.25. The third-order valence-electron chi connectivity index (χ3n) is 4.25. The zero-order valence-corrected chi connectivity index (χ0v) is 16.7. The molecule has 0 aliphatic heterocycles. The van der Waals surface area contributed by atoms with Crippen molar-refractivity contribution in [2.45, 2.75) is 25.3 Å².